The predicted molar refractivity (Wildman–Crippen MR) is 58.9 cm³/mol. The average Bonchev–Trinajstić information content (AvgIpc) is 2.09. The second-order valence-corrected chi connectivity index (χ2v) is 2.53. The maximum Gasteiger partial charge on any atom is 0.251 e. The Balaban J connectivity index is 0. The zero-order valence-corrected chi connectivity index (χ0v) is 7.67. The van der Waals surface area contributed by atoms with Crippen LogP contribution >= 0.6 is 0 Å². The van der Waals surface area contributed by atoms with E-state index in [1.54, 1.807) is 13.0 Å². The van der Waals surface area contributed by atoms with Gasteiger partial charge in [-0.15, -0.1) is 0 Å². The highest BCUT2D eigenvalue weighted by atomic mass is 16.2. The standard InChI is InChI=1S/C10H13NO2.CH4/c1-4-9(7-8(2)3)10(13)11-5-6-12;/h4,6-7H,1-2,5H2,3H3,(H,11,13);1H4/b9-7+;. The lowest BCUT2D eigenvalue weighted by atomic mass is 10.2. The van der Waals surface area contributed by atoms with Crippen molar-refractivity contribution in [3.8, 4) is 0 Å². The average molecular weight is 195 g/mol. The molecule has 0 saturated heterocycles. The number of carbonyl (C=O) groups excluding carboxylic acids is 2. The summed E-state index contributed by atoms with van der Waals surface area (Å²) >= 11 is 0. The van der Waals surface area contributed by atoms with Crippen LogP contribution < -0.4 is 5.32 Å². The predicted octanol–water partition coefficient (Wildman–Crippen LogP) is 1.63. The third kappa shape index (κ3) is 5.94. The zero-order chi connectivity index (χ0) is 10.3. The van der Waals surface area contributed by atoms with Crippen molar-refractivity contribution in [2.75, 3.05) is 6.54 Å². The van der Waals surface area contributed by atoms with Gasteiger partial charge in [0, 0.05) is 5.57 Å². The topological polar surface area (TPSA) is 46.2 Å². The van der Waals surface area contributed by atoms with Gasteiger partial charge in [0.25, 0.3) is 5.91 Å². The smallest absolute Gasteiger partial charge is 0.251 e. The van der Waals surface area contributed by atoms with Gasteiger partial charge in [-0.25, -0.2) is 0 Å². The highest BCUT2D eigenvalue weighted by Crippen LogP contribution is 2.00. The number of allylic oxidation sites excluding steroid dienone is 2. The summed E-state index contributed by atoms with van der Waals surface area (Å²) in [4.78, 5) is 21.2. The largest absolute Gasteiger partial charge is 0.345 e. The van der Waals surface area contributed by atoms with Gasteiger partial charge in [-0.05, 0) is 13.0 Å². The molecular weight excluding hydrogens is 178 g/mol. The van der Waals surface area contributed by atoms with Crippen molar-refractivity contribution in [3.63, 3.8) is 0 Å². The SMILES string of the molecule is C.C=C/C(=C\C(=C)C)C(=O)NCC=O. The van der Waals surface area contributed by atoms with Gasteiger partial charge in [0.2, 0.25) is 0 Å². The number of carbonyl (C=O) groups is 2. The molecule has 78 valence electrons. The van der Waals surface area contributed by atoms with Crippen molar-refractivity contribution in [2.45, 2.75) is 14.4 Å². The molecule has 1 amide bonds. The van der Waals surface area contributed by atoms with Crippen LogP contribution in [0.1, 0.15) is 14.4 Å². The molecule has 0 aliphatic carbocycles. The van der Waals surface area contributed by atoms with Gasteiger partial charge in [0.15, 0.2) is 0 Å². The molecule has 1 N–H and O–H groups in total. The minimum Gasteiger partial charge on any atom is -0.345 e. The molecule has 3 heteroatoms. The maximum absolute atomic E-state index is 11.2. The summed E-state index contributed by atoms with van der Waals surface area (Å²) in [7, 11) is 0. The number of nitrogens with one attached hydrogen (secondary N) is 1. The van der Waals surface area contributed by atoms with Crippen LogP contribution in [0.4, 0.5) is 0 Å². The van der Waals surface area contributed by atoms with Crippen LogP contribution in [0.2, 0.25) is 0 Å². The molecule has 3 nitrogen and oxygen atoms in total. The third-order valence-corrected chi connectivity index (χ3v) is 1.23. The molecule has 0 fully saturated rings. The van der Waals surface area contributed by atoms with E-state index in [1.807, 2.05) is 0 Å². The van der Waals surface area contributed by atoms with Crippen molar-refractivity contribution in [3.05, 3.63) is 36.5 Å². The van der Waals surface area contributed by atoms with Crippen LogP contribution in [0.15, 0.2) is 36.5 Å². The Labute approximate surface area is 85.2 Å². The van der Waals surface area contributed by atoms with Crippen LogP contribution in [-0.4, -0.2) is 18.7 Å². The number of amides is 1. The van der Waals surface area contributed by atoms with Crippen LogP contribution in [-0.2, 0) is 9.59 Å². The first-order chi connectivity index (χ1) is 6.11. The molecular formula is C11H17NO2. The minimum atomic E-state index is -0.315. The molecule has 0 unspecified atom stereocenters. The lowest BCUT2D eigenvalue weighted by Crippen LogP contribution is -2.26. The first-order valence-electron chi connectivity index (χ1n) is 3.83. The lowest BCUT2D eigenvalue weighted by molar-refractivity contribution is -0.119. The van der Waals surface area contributed by atoms with Crippen molar-refractivity contribution in [1.82, 2.24) is 5.32 Å². The van der Waals surface area contributed by atoms with E-state index in [0.717, 1.165) is 5.57 Å². The Hall–Kier alpha value is -1.64. The molecule has 0 saturated carbocycles. The van der Waals surface area contributed by atoms with Crippen LogP contribution in [0.5, 0.6) is 0 Å². The molecule has 0 bridgehead atoms. The van der Waals surface area contributed by atoms with Gasteiger partial charge in [0.1, 0.15) is 6.29 Å². The molecule has 0 aromatic carbocycles. The van der Waals surface area contributed by atoms with E-state index in [0.29, 0.717) is 11.9 Å². The second kappa shape index (κ2) is 7.98. The van der Waals surface area contributed by atoms with Crippen molar-refractivity contribution in [1.29, 1.82) is 0 Å². The Morgan fingerprint density at radius 3 is 2.43 bits per heavy atom. The lowest BCUT2D eigenvalue weighted by Gasteiger charge is -2.01. The van der Waals surface area contributed by atoms with Crippen molar-refractivity contribution < 1.29 is 9.59 Å². The van der Waals surface area contributed by atoms with Gasteiger partial charge in [-0.3, -0.25) is 4.79 Å². The molecule has 14 heavy (non-hydrogen) atoms. The summed E-state index contributed by atoms with van der Waals surface area (Å²) in [5, 5.41) is 2.40. The molecule has 0 atom stereocenters. The normalized spacial score (nSPS) is 9.64. The van der Waals surface area contributed by atoms with Crippen LogP contribution in [0.25, 0.3) is 0 Å². The molecule has 0 rings (SSSR count). The summed E-state index contributed by atoms with van der Waals surface area (Å²) in [5.74, 6) is -0.315. The van der Waals surface area contributed by atoms with E-state index >= 15 is 0 Å². The molecule has 0 radical (unpaired) electrons. The zero-order valence-electron chi connectivity index (χ0n) is 7.67. The molecule has 0 aromatic rings. The summed E-state index contributed by atoms with van der Waals surface area (Å²) in [6, 6.07) is 0. The maximum atomic E-state index is 11.2. The van der Waals surface area contributed by atoms with E-state index in [9.17, 15) is 9.59 Å². The van der Waals surface area contributed by atoms with Gasteiger partial charge >= 0.3 is 0 Å². The molecule has 0 aliphatic rings. The fourth-order valence-electron chi connectivity index (χ4n) is 0.719. The number of hydrogen-bond acceptors (Lipinski definition) is 2. The second-order valence-electron chi connectivity index (χ2n) is 2.53. The third-order valence-electron chi connectivity index (χ3n) is 1.23. The molecule has 0 aliphatic heterocycles. The van der Waals surface area contributed by atoms with Gasteiger partial charge in [-0.1, -0.05) is 32.2 Å². The van der Waals surface area contributed by atoms with Crippen LogP contribution in [0, 0.1) is 0 Å². The number of hydrogen-bond donors (Lipinski definition) is 1. The van der Waals surface area contributed by atoms with Crippen molar-refractivity contribution >= 4 is 12.2 Å². The van der Waals surface area contributed by atoms with Crippen molar-refractivity contribution in [2.24, 2.45) is 0 Å². The highest BCUT2D eigenvalue weighted by Gasteiger charge is 2.03. The molecule has 0 heterocycles. The van der Waals surface area contributed by atoms with Crippen LogP contribution in [0.3, 0.4) is 0 Å². The highest BCUT2D eigenvalue weighted by molar-refractivity contribution is 5.97. The summed E-state index contributed by atoms with van der Waals surface area (Å²) in [5.41, 5.74) is 1.17. The Bertz CT molecular complexity index is 264. The van der Waals surface area contributed by atoms with E-state index in [4.69, 9.17) is 0 Å². The Morgan fingerprint density at radius 2 is 2.07 bits per heavy atom. The van der Waals surface area contributed by atoms with Gasteiger partial charge in [0.05, 0.1) is 6.54 Å². The molecule has 0 aromatic heterocycles. The first kappa shape index (κ1) is 14.9. The van der Waals surface area contributed by atoms with E-state index in [-0.39, 0.29) is 19.9 Å². The fourth-order valence-corrected chi connectivity index (χ4v) is 0.719. The number of rotatable bonds is 5. The minimum absolute atomic E-state index is 0. The monoisotopic (exact) mass is 195 g/mol. The summed E-state index contributed by atoms with van der Waals surface area (Å²) < 4.78 is 0. The quantitative estimate of drug-likeness (QED) is 0.411. The fraction of sp³-hybridized carbons (Fsp3) is 0.273. The first-order valence-corrected chi connectivity index (χ1v) is 3.83. The Kier molecular flexibility index (Phi) is 8.47. The van der Waals surface area contributed by atoms with E-state index < -0.39 is 0 Å². The summed E-state index contributed by atoms with van der Waals surface area (Å²) in [6.07, 6.45) is 3.65. The Morgan fingerprint density at radius 1 is 1.50 bits per heavy atom. The number of aldehydes is 1. The van der Waals surface area contributed by atoms with E-state index in [2.05, 4.69) is 18.5 Å². The van der Waals surface area contributed by atoms with Gasteiger partial charge < -0.3 is 10.1 Å². The van der Waals surface area contributed by atoms with Gasteiger partial charge in [-0.2, -0.15) is 0 Å². The van der Waals surface area contributed by atoms with E-state index in [1.165, 1.54) is 6.08 Å². The molecule has 0 spiro atoms. The summed E-state index contributed by atoms with van der Waals surface area (Å²) in [6.45, 7) is 8.90.